The maximum absolute atomic E-state index is 4.73. The maximum atomic E-state index is 4.73. The normalized spacial score (nSPS) is 21.9. The summed E-state index contributed by atoms with van der Waals surface area (Å²) in [5.41, 5.74) is 3.00. The second-order valence-electron chi connectivity index (χ2n) is 6.56. The zero-order valence-corrected chi connectivity index (χ0v) is 17.9. The van der Waals surface area contributed by atoms with Crippen molar-refractivity contribution < 1.29 is 0 Å². The number of aliphatic imine (C=N–C) groups is 1. The van der Waals surface area contributed by atoms with Crippen molar-refractivity contribution in [2.24, 2.45) is 16.8 Å². The fourth-order valence-corrected chi connectivity index (χ4v) is 3.77. The Balaban J connectivity index is 0.00000264. The van der Waals surface area contributed by atoms with Crippen LogP contribution in [0.2, 0.25) is 0 Å². The van der Waals surface area contributed by atoms with E-state index in [0.717, 1.165) is 30.0 Å². The van der Waals surface area contributed by atoms with Crippen LogP contribution in [0, 0.1) is 18.8 Å². The van der Waals surface area contributed by atoms with Gasteiger partial charge in [-0.1, -0.05) is 13.8 Å². The molecule has 1 aromatic rings. The average molecular weight is 450 g/mol. The molecule has 0 unspecified atom stereocenters. The number of rotatable bonds is 5. The number of guanidine groups is 1. The van der Waals surface area contributed by atoms with Crippen LogP contribution >= 0.6 is 35.3 Å². The van der Waals surface area contributed by atoms with E-state index in [9.17, 15) is 0 Å². The molecule has 1 saturated carbocycles. The van der Waals surface area contributed by atoms with Crippen molar-refractivity contribution in [2.45, 2.75) is 66.0 Å². The monoisotopic (exact) mass is 450 g/mol. The van der Waals surface area contributed by atoms with Crippen molar-refractivity contribution >= 4 is 41.3 Å². The molecule has 0 saturated heterocycles. The predicted octanol–water partition coefficient (Wildman–Crippen LogP) is 4.34. The van der Waals surface area contributed by atoms with Crippen molar-refractivity contribution in [3.63, 3.8) is 0 Å². The van der Waals surface area contributed by atoms with E-state index >= 15 is 0 Å². The number of aryl methyl sites for hydroxylation is 1. The molecular formula is C17H31IN4S. The highest BCUT2D eigenvalue weighted by Crippen LogP contribution is 2.29. The van der Waals surface area contributed by atoms with Gasteiger partial charge >= 0.3 is 0 Å². The van der Waals surface area contributed by atoms with Crippen LogP contribution in [-0.4, -0.2) is 23.5 Å². The first-order chi connectivity index (χ1) is 10.6. The summed E-state index contributed by atoms with van der Waals surface area (Å²) in [5, 5.41) is 6.99. The van der Waals surface area contributed by atoms with Crippen LogP contribution in [-0.2, 0) is 6.54 Å². The zero-order chi connectivity index (χ0) is 15.9. The van der Waals surface area contributed by atoms with E-state index in [1.165, 1.54) is 30.6 Å². The topological polar surface area (TPSA) is 49.3 Å². The average Bonchev–Trinajstić information content (AvgIpc) is 2.91. The van der Waals surface area contributed by atoms with Gasteiger partial charge in [0, 0.05) is 17.5 Å². The molecule has 132 valence electrons. The minimum Gasteiger partial charge on any atom is -0.357 e. The fraction of sp³-hybridized carbons (Fsp3) is 0.765. The van der Waals surface area contributed by atoms with Crippen molar-refractivity contribution in [1.82, 2.24) is 15.6 Å². The minimum absolute atomic E-state index is 0. The molecule has 1 aliphatic carbocycles. The second-order valence-corrected chi connectivity index (χ2v) is 7.50. The molecule has 2 rings (SSSR count). The first-order valence-corrected chi connectivity index (χ1v) is 9.42. The smallest absolute Gasteiger partial charge is 0.191 e. The number of nitrogens with zero attached hydrogens (tertiary/aromatic N) is 2. The molecule has 0 spiro atoms. The molecule has 1 aliphatic rings. The lowest BCUT2D eigenvalue weighted by molar-refractivity contribution is 0.250. The van der Waals surface area contributed by atoms with Crippen LogP contribution in [0.3, 0.4) is 0 Å². The molecule has 0 amide bonds. The van der Waals surface area contributed by atoms with Crippen LogP contribution in [0.25, 0.3) is 0 Å². The highest BCUT2D eigenvalue weighted by atomic mass is 127. The summed E-state index contributed by atoms with van der Waals surface area (Å²) in [6.45, 7) is 10.5. The van der Waals surface area contributed by atoms with Gasteiger partial charge in [0.15, 0.2) is 5.96 Å². The van der Waals surface area contributed by atoms with E-state index in [0.29, 0.717) is 12.6 Å². The maximum Gasteiger partial charge on any atom is 0.191 e. The molecule has 0 radical (unpaired) electrons. The van der Waals surface area contributed by atoms with E-state index in [4.69, 9.17) is 4.99 Å². The number of thiazole rings is 1. The molecule has 23 heavy (non-hydrogen) atoms. The Morgan fingerprint density at radius 3 is 2.57 bits per heavy atom. The standard InChI is InChI=1S/C17H30N4S.HI/c1-5-18-17(19-10-16-13(4)20-11-22-16)21-15-8-6-14(7-9-15)12(2)3;/h11-12,14-15H,5-10H2,1-4H3,(H2,18,19,21);1H. The van der Waals surface area contributed by atoms with Gasteiger partial charge in [0.05, 0.1) is 17.7 Å². The second kappa shape index (κ2) is 10.5. The third kappa shape index (κ3) is 6.57. The summed E-state index contributed by atoms with van der Waals surface area (Å²) in [4.78, 5) is 10.3. The molecule has 0 bridgehead atoms. The van der Waals surface area contributed by atoms with Crippen LogP contribution in [0.4, 0.5) is 0 Å². The van der Waals surface area contributed by atoms with Crippen molar-refractivity contribution in [3.8, 4) is 0 Å². The quantitative estimate of drug-likeness (QED) is 0.399. The number of hydrogen-bond acceptors (Lipinski definition) is 3. The van der Waals surface area contributed by atoms with Gasteiger partial charge in [0.1, 0.15) is 0 Å². The number of nitrogens with one attached hydrogen (secondary N) is 2. The highest BCUT2D eigenvalue weighted by molar-refractivity contribution is 14.0. The van der Waals surface area contributed by atoms with Crippen LogP contribution in [0.5, 0.6) is 0 Å². The molecular weight excluding hydrogens is 419 g/mol. The zero-order valence-electron chi connectivity index (χ0n) is 14.8. The summed E-state index contributed by atoms with van der Waals surface area (Å²) in [6, 6.07) is 0.565. The Hall–Kier alpha value is -0.370. The third-order valence-electron chi connectivity index (χ3n) is 4.63. The van der Waals surface area contributed by atoms with Crippen molar-refractivity contribution in [2.75, 3.05) is 6.54 Å². The third-order valence-corrected chi connectivity index (χ3v) is 5.55. The first kappa shape index (κ1) is 20.7. The van der Waals surface area contributed by atoms with Gasteiger partial charge in [-0.05, 0) is 51.4 Å². The molecule has 4 nitrogen and oxygen atoms in total. The lowest BCUT2D eigenvalue weighted by Gasteiger charge is -2.32. The fourth-order valence-electron chi connectivity index (χ4n) is 3.07. The summed E-state index contributed by atoms with van der Waals surface area (Å²) in [5.74, 6) is 2.66. The Morgan fingerprint density at radius 2 is 2.04 bits per heavy atom. The predicted molar refractivity (Wildman–Crippen MR) is 111 cm³/mol. The number of halogens is 1. The van der Waals surface area contributed by atoms with E-state index in [1.807, 2.05) is 5.51 Å². The molecule has 1 aromatic heterocycles. The molecule has 6 heteroatoms. The van der Waals surface area contributed by atoms with Crippen LogP contribution < -0.4 is 10.6 Å². The van der Waals surface area contributed by atoms with E-state index in [1.54, 1.807) is 11.3 Å². The highest BCUT2D eigenvalue weighted by Gasteiger charge is 2.23. The summed E-state index contributed by atoms with van der Waals surface area (Å²) in [7, 11) is 0. The molecule has 1 fully saturated rings. The van der Waals surface area contributed by atoms with Crippen LogP contribution in [0.15, 0.2) is 10.5 Å². The van der Waals surface area contributed by atoms with Crippen molar-refractivity contribution in [3.05, 3.63) is 16.1 Å². The Bertz CT molecular complexity index is 479. The largest absolute Gasteiger partial charge is 0.357 e. The van der Waals surface area contributed by atoms with Gasteiger partial charge in [-0.3, -0.25) is 0 Å². The minimum atomic E-state index is 0. The van der Waals surface area contributed by atoms with Crippen LogP contribution in [0.1, 0.15) is 57.0 Å². The van der Waals surface area contributed by atoms with Crippen molar-refractivity contribution in [1.29, 1.82) is 0 Å². The molecule has 0 aromatic carbocycles. The lowest BCUT2D eigenvalue weighted by Crippen LogP contribution is -2.45. The Kier molecular flexibility index (Phi) is 9.43. The van der Waals surface area contributed by atoms with E-state index in [-0.39, 0.29) is 24.0 Å². The summed E-state index contributed by atoms with van der Waals surface area (Å²) in [6.07, 6.45) is 5.19. The summed E-state index contributed by atoms with van der Waals surface area (Å²) < 4.78 is 0. The van der Waals surface area contributed by atoms with E-state index < -0.39 is 0 Å². The molecule has 1 heterocycles. The first-order valence-electron chi connectivity index (χ1n) is 8.54. The van der Waals surface area contributed by atoms with Gasteiger partial charge < -0.3 is 10.6 Å². The molecule has 0 atom stereocenters. The van der Waals surface area contributed by atoms with Gasteiger partial charge in [0.2, 0.25) is 0 Å². The number of aromatic nitrogens is 1. The van der Waals surface area contributed by atoms with Gasteiger partial charge in [-0.15, -0.1) is 35.3 Å². The molecule has 0 aliphatic heterocycles. The Morgan fingerprint density at radius 1 is 1.35 bits per heavy atom. The molecule has 2 N–H and O–H groups in total. The van der Waals surface area contributed by atoms with Gasteiger partial charge in [-0.25, -0.2) is 9.98 Å². The van der Waals surface area contributed by atoms with Gasteiger partial charge in [-0.2, -0.15) is 0 Å². The van der Waals surface area contributed by atoms with Gasteiger partial charge in [0.25, 0.3) is 0 Å². The lowest BCUT2D eigenvalue weighted by atomic mass is 9.80. The summed E-state index contributed by atoms with van der Waals surface area (Å²) >= 11 is 1.69. The SMILES string of the molecule is CCNC(=NCc1scnc1C)NC1CCC(C(C)C)CC1.I. The number of hydrogen-bond donors (Lipinski definition) is 2. The van der Waals surface area contributed by atoms with E-state index in [2.05, 4.69) is 43.3 Å². The Labute approximate surface area is 162 Å².